The highest BCUT2D eigenvalue weighted by Gasteiger charge is 2.91. The van der Waals surface area contributed by atoms with Crippen LogP contribution in [0, 0.1) is 46.3 Å². The van der Waals surface area contributed by atoms with Crippen molar-refractivity contribution in [3.05, 3.63) is 70.1 Å². The maximum atomic E-state index is 15.1. The molecule has 4 aliphatic carbocycles. The molecule has 8 aliphatic heterocycles. The average molecular weight is 706 g/mol. The molecule has 12 aliphatic rings. The van der Waals surface area contributed by atoms with Crippen LogP contribution in [0.5, 0.6) is 0 Å². The maximum absolute atomic E-state index is 15.1. The Labute approximate surface area is 310 Å². The van der Waals surface area contributed by atoms with E-state index in [1.807, 2.05) is 0 Å². The van der Waals surface area contributed by atoms with Gasteiger partial charge in [0.1, 0.15) is 11.2 Å². The Morgan fingerprint density at radius 1 is 1.00 bits per heavy atom. The van der Waals surface area contributed by atoms with Crippen LogP contribution in [0.1, 0.15) is 119 Å². The Bertz CT molecular complexity index is 1740. The number of piperidine rings is 2. The van der Waals surface area contributed by atoms with Gasteiger partial charge in [-0.1, -0.05) is 69.0 Å². The number of carbonyl (C=O) groups is 2. The number of benzene rings is 1. The molecule has 5 fully saturated rings. The van der Waals surface area contributed by atoms with Gasteiger partial charge in [0.05, 0.1) is 11.0 Å². The minimum absolute atomic E-state index is 0.107. The van der Waals surface area contributed by atoms with E-state index in [4.69, 9.17) is 15.2 Å². The van der Waals surface area contributed by atoms with Gasteiger partial charge in [0.15, 0.2) is 5.60 Å². The van der Waals surface area contributed by atoms with Gasteiger partial charge in [-0.25, -0.2) is 4.79 Å². The van der Waals surface area contributed by atoms with Crippen molar-refractivity contribution in [1.82, 2.24) is 9.80 Å². The summed E-state index contributed by atoms with van der Waals surface area (Å²) >= 11 is 0. The van der Waals surface area contributed by atoms with E-state index in [9.17, 15) is 4.79 Å². The molecule has 13 rings (SSSR count). The molecule has 1 aromatic carbocycles. The van der Waals surface area contributed by atoms with Crippen LogP contribution in [0.15, 0.2) is 53.5 Å². The molecule has 10 atom stereocenters. The lowest BCUT2D eigenvalue weighted by molar-refractivity contribution is -0.271. The summed E-state index contributed by atoms with van der Waals surface area (Å²) in [7, 11) is 0. The number of hydrogen-bond donors (Lipinski definition) is 1. The zero-order valence-electron chi connectivity index (χ0n) is 31.5. The maximum Gasteiger partial charge on any atom is 0.339 e. The topological polar surface area (TPSA) is 85.1 Å². The fourth-order valence-corrected chi connectivity index (χ4v) is 14.1. The van der Waals surface area contributed by atoms with Crippen molar-refractivity contribution in [2.24, 2.45) is 52.1 Å². The SMILES string of the molecule is CCC[C@@H]1[C@@]2(OC(=O)c3c(CCCN)cccc32)[C@@]23CCC4=C[C@@]12C(=O)O/C3=C\C[C@H](C1CCCC1)N1C[C@@H]2C[C@@H](CN(C2)C2=CC[C@H](C)C[C@H]42)C1. The first-order valence-electron chi connectivity index (χ1n) is 21.2. The lowest BCUT2D eigenvalue weighted by Gasteiger charge is -2.69. The van der Waals surface area contributed by atoms with Gasteiger partial charge in [-0.3, -0.25) is 9.69 Å². The number of fused-ring (bicyclic) bond motifs is 2. The number of carbonyl (C=O) groups excluding carboxylic acids is 2. The smallest absolute Gasteiger partial charge is 0.339 e. The Hall–Kier alpha value is -2.90. The predicted octanol–water partition coefficient (Wildman–Crippen LogP) is 7.65. The van der Waals surface area contributed by atoms with E-state index in [0.717, 1.165) is 93.3 Å². The van der Waals surface area contributed by atoms with E-state index >= 15 is 4.79 Å². The van der Waals surface area contributed by atoms with E-state index in [0.29, 0.717) is 42.2 Å². The summed E-state index contributed by atoms with van der Waals surface area (Å²) in [6, 6.07) is 6.79. The van der Waals surface area contributed by atoms with Crippen molar-refractivity contribution in [1.29, 1.82) is 0 Å². The molecule has 52 heavy (non-hydrogen) atoms. The van der Waals surface area contributed by atoms with Gasteiger partial charge in [0, 0.05) is 55.3 Å². The van der Waals surface area contributed by atoms with Gasteiger partial charge >= 0.3 is 11.9 Å². The van der Waals surface area contributed by atoms with Gasteiger partial charge in [-0.2, -0.15) is 0 Å². The Kier molecular flexibility index (Phi) is 7.97. The molecule has 1 unspecified atom stereocenters. The lowest BCUT2D eigenvalue weighted by atomic mass is 9.31. The van der Waals surface area contributed by atoms with Crippen LogP contribution in [-0.2, 0) is 26.3 Å². The second-order valence-electron chi connectivity index (χ2n) is 18.6. The van der Waals surface area contributed by atoms with E-state index in [1.54, 1.807) is 0 Å². The third-order valence-electron chi connectivity index (χ3n) is 15.9. The van der Waals surface area contributed by atoms with E-state index in [2.05, 4.69) is 60.1 Å². The second kappa shape index (κ2) is 12.3. The molecule has 278 valence electrons. The average Bonchev–Trinajstić information content (AvgIpc) is 3.84. The number of hydrogen-bond acceptors (Lipinski definition) is 7. The molecular formula is C45H59N3O4. The van der Waals surface area contributed by atoms with Crippen molar-refractivity contribution >= 4 is 11.9 Å². The van der Waals surface area contributed by atoms with E-state index in [-0.39, 0.29) is 17.9 Å². The molecule has 7 nitrogen and oxygen atoms in total. The van der Waals surface area contributed by atoms with Crippen molar-refractivity contribution in [3.8, 4) is 0 Å². The summed E-state index contributed by atoms with van der Waals surface area (Å²) in [5, 5.41) is 0. The Morgan fingerprint density at radius 2 is 1.81 bits per heavy atom. The summed E-state index contributed by atoms with van der Waals surface area (Å²) in [5.74, 6) is 3.28. The number of aryl methyl sites for hydroxylation is 1. The summed E-state index contributed by atoms with van der Waals surface area (Å²) in [6.45, 7) is 9.85. The molecule has 8 heterocycles. The van der Waals surface area contributed by atoms with Crippen molar-refractivity contribution in [2.45, 2.75) is 115 Å². The number of allylic oxidation sites excluding steroid dienone is 2. The third-order valence-corrected chi connectivity index (χ3v) is 15.9. The quantitative estimate of drug-likeness (QED) is 0.241. The monoisotopic (exact) mass is 705 g/mol. The van der Waals surface area contributed by atoms with Crippen molar-refractivity contribution in [2.75, 3.05) is 32.7 Å². The summed E-state index contributed by atoms with van der Waals surface area (Å²) in [5.41, 5.74) is 9.16. The van der Waals surface area contributed by atoms with Gasteiger partial charge in [0.25, 0.3) is 0 Å². The lowest BCUT2D eigenvalue weighted by Crippen LogP contribution is -2.75. The molecule has 2 N–H and O–H groups in total. The van der Waals surface area contributed by atoms with Gasteiger partial charge in [0.2, 0.25) is 0 Å². The number of esters is 2. The molecule has 8 bridgehead atoms. The predicted molar refractivity (Wildman–Crippen MR) is 201 cm³/mol. The van der Waals surface area contributed by atoms with Crippen molar-refractivity contribution in [3.63, 3.8) is 0 Å². The van der Waals surface area contributed by atoms with Gasteiger partial charge < -0.3 is 20.1 Å². The molecule has 0 amide bonds. The van der Waals surface area contributed by atoms with Crippen LogP contribution >= 0.6 is 0 Å². The molecule has 1 aromatic rings. The summed E-state index contributed by atoms with van der Waals surface area (Å²) in [4.78, 5) is 35.1. The van der Waals surface area contributed by atoms with Crippen LogP contribution in [0.4, 0.5) is 0 Å². The number of rotatable bonds is 6. The zero-order chi connectivity index (χ0) is 35.4. The minimum atomic E-state index is -0.926. The number of nitrogens with zero attached hydrogens (tertiary/aromatic N) is 2. The second-order valence-corrected chi connectivity index (χ2v) is 18.6. The van der Waals surface area contributed by atoms with Gasteiger partial charge in [-0.05, 0) is 112 Å². The zero-order valence-corrected chi connectivity index (χ0v) is 31.5. The molecule has 3 saturated heterocycles. The van der Waals surface area contributed by atoms with Crippen molar-refractivity contribution < 1.29 is 19.1 Å². The van der Waals surface area contributed by atoms with Crippen LogP contribution < -0.4 is 5.73 Å². The Balaban J connectivity index is 1.19. The highest BCUT2D eigenvalue weighted by molar-refractivity contribution is 5.99. The highest BCUT2D eigenvalue weighted by atomic mass is 16.6. The molecular weight excluding hydrogens is 647 g/mol. The van der Waals surface area contributed by atoms with Crippen LogP contribution in [0.2, 0.25) is 0 Å². The molecule has 2 saturated carbocycles. The van der Waals surface area contributed by atoms with E-state index in [1.165, 1.54) is 56.5 Å². The molecule has 7 heteroatoms. The number of nitrogens with two attached hydrogens (primary N) is 1. The first-order chi connectivity index (χ1) is 25.3. The normalized spacial score (nSPS) is 42.7. The summed E-state index contributed by atoms with van der Waals surface area (Å²) in [6.07, 6.45) is 22.0. The fraction of sp³-hybridized carbons (Fsp3) is 0.689. The largest absolute Gasteiger partial charge is 0.449 e. The highest BCUT2D eigenvalue weighted by Crippen LogP contribution is 2.84. The van der Waals surface area contributed by atoms with Crippen LogP contribution in [0.25, 0.3) is 0 Å². The molecule has 0 radical (unpaired) electrons. The van der Waals surface area contributed by atoms with Crippen LogP contribution in [0.3, 0.4) is 0 Å². The first kappa shape index (κ1) is 33.7. The van der Waals surface area contributed by atoms with E-state index < -0.39 is 16.4 Å². The molecule has 2 spiro atoms. The van der Waals surface area contributed by atoms with Gasteiger partial charge in [-0.15, -0.1) is 0 Å². The summed E-state index contributed by atoms with van der Waals surface area (Å²) < 4.78 is 13.7. The Morgan fingerprint density at radius 3 is 2.58 bits per heavy atom. The van der Waals surface area contributed by atoms with Crippen LogP contribution in [-0.4, -0.2) is 60.5 Å². The fourth-order valence-electron chi connectivity index (χ4n) is 14.1. The third kappa shape index (κ3) is 4.38. The first-order valence-corrected chi connectivity index (χ1v) is 21.2. The molecule has 0 aromatic heterocycles. The number of ether oxygens (including phenoxy) is 2. The standard InChI is InChI=1S/C45H59N3O4/c1-3-8-38-43-23-33-18-19-44(43,45(38)35-13-6-11-32(12-7-20-46)40(35)41(49)52-45)39(51-42(43)50)17-16-36(31-9-4-5-10-31)47-24-29-22-30(25-47)27-48(26-29)37-15-14-28(2)21-34(33)37/h6,11,13,15,17,23,28-31,34,36,38H,3-5,7-10,12,14,16,18-22,24-27,46H2,1-2H3/b39-17-/t28-,29-,30+,34+,36+,38-,43-,44+,45+/m0/s1. The minimum Gasteiger partial charge on any atom is -0.449 e.